The molecule has 0 spiro atoms. The van der Waals surface area contributed by atoms with Crippen LogP contribution in [-0.2, 0) is 11.5 Å². The summed E-state index contributed by atoms with van der Waals surface area (Å²) in [6.07, 6.45) is 3.41. The van der Waals surface area contributed by atoms with Gasteiger partial charge in [-0.3, -0.25) is 5.43 Å². The summed E-state index contributed by atoms with van der Waals surface area (Å²) in [5, 5.41) is 8.31. The molecule has 0 radical (unpaired) electrons. The molecule has 2 aromatic carbocycles. The van der Waals surface area contributed by atoms with E-state index in [1.165, 1.54) is 0 Å². The van der Waals surface area contributed by atoms with Crippen LogP contribution in [0.2, 0.25) is 5.02 Å². The van der Waals surface area contributed by atoms with Crippen LogP contribution in [0.25, 0.3) is 0 Å². The summed E-state index contributed by atoms with van der Waals surface area (Å²) in [5.41, 5.74) is 5.69. The fourth-order valence-electron chi connectivity index (χ4n) is 2.51. The molecule has 5 nitrogen and oxygen atoms in total. The van der Waals surface area contributed by atoms with Crippen LogP contribution in [0.4, 0.5) is 5.69 Å². The fourth-order valence-corrected chi connectivity index (χ4v) is 3.72. The Morgan fingerprint density at radius 1 is 1.21 bits per heavy atom. The van der Waals surface area contributed by atoms with Crippen LogP contribution in [-0.4, -0.2) is 18.4 Å². The number of nitrogens with one attached hydrogen (secondary N) is 2. The lowest BCUT2D eigenvalue weighted by atomic mass is 10.1. The molecular formula is C21H20ClN3O2S2. The lowest BCUT2D eigenvalue weighted by Crippen LogP contribution is -2.23. The molecule has 0 saturated carbocycles. The van der Waals surface area contributed by atoms with Crippen LogP contribution in [0.1, 0.15) is 16.9 Å². The SMILES string of the molecule is COc1ccc(/C=N/NC(=S)Nc2ccc(Cl)cc2)cc1CSCc1ccco1. The minimum Gasteiger partial charge on any atom is -0.496 e. The second-order valence-corrected chi connectivity index (χ2v) is 7.80. The molecule has 0 bridgehead atoms. The highest BCUT2D eigenvalue weighted by Crippen LogP contribution is 2.26. The van der Waals surface area contributed by atoms with Crippen molar-refractivity contribution in [2.24, 2.45) is 5.10 Å². The third kappa shape index (κ3) is 6.81. The standard InChI is InChI=1S/C21H20ClN3O2S2/c1-26-20-9-4-15(11-16(20)13-29-14-19-3-2-10-27-19)12-23-25-21(28)24-18-7-5-17(22)6-8-18/h2-12H,13-14H2,1H3,(H2,24,25,28)/b23-12+. The van der Waals surface area contributed by atoms with Crippen LogP contribution in [0.3, 0.4) is 0 Å². The average Bonchev–Trinajstić information content (AvgIpc) is 3.23. The largest absolute Gasteiger partial charge is 0.496 e. The molecule has 0 aliphatic carbocycles. The van der Waals surface area contributed by atoms with Crippen molar-refractivity contribution in [3.05, 3.63) is 82.8 Å². The first kappa shape index (κ1) is 21.2. The number of hydrogen-bond donors (Lipinski definition) is 2. The van der Waals surface area contributed by atoms with E-state index >= 15 is 0 Å². The number of halogens is 1. The highest BCUT2D eigenvalue weighted by atomic mass is 35.5. The van der Waals surface area contributed by atoms with Crippen molar-refractivity contribution < 1.29 is 9.15 Å². The van der Waals surface area contributed by atoms with Gasteiger partial charge in [-0.2, -0.15) is 5.10 Å². The molecular weight excluding hydrogens is 426 g/mol. The summed E-state index contributed by atoms with van der Waals surface area (Å²) >= 11 is 12.9. The van der Waals surface area contributed by atoms with E-state index in [4.69, 9.17) is 33.0 Å². The lowest BCUT2D eigenvalue weighted by molar-refractivity contribution is 0.411. The molecule has 0 amide bonds. The van der Waals surface area contributed by atoms with Gasteiger partial charge in [0.25, 0.3) is 0 Å². The lowest BCUT2D eigenvalue weighted by Gasteiger charge is -2.09. The monoisotopic (exact) mass is 445 g/mol. The van der Waals surface area contributed by atoms with E-state index < -0.39 is 0 Å². The smallest absolute Gasteiger partial charge is 0.191 e. The normalized spacial score (nSPS) is 10.8. The Balaban J connectivity index is 1.55. The molecule has 1 heterocycles. The van der Waals surface area contributed by atoms with E-state index in [9.17, 15) is 0 Å². The van der Waals surface area contributed by atoms with Crippen LogP contribution >= 0.6 is 35.6 Å². The average molecular weight is 446 g/mol. The molecule has 2 N–H and O–H groups in total. The zero-order chi connectivity index (χ0) is 20.5. The predicted molar refractivity (Wildman–Crippen MR) is 125 cm³/mol. The molecule has 0 atom stereocenters. The number of furan rings is 1. The van der Waals surface area contributed by atoms with Gasteiger partial charge in [0, 0.05) is 22.0 Å². The number of ether oxygens (including phenoxy) is 1. The van der Waals surface area contributed by atoms with E-state index in [1.807, 2.05) is 36.4 Å². The summed E-state index contributed by atoms with van der Waals surface area (Å²) in [6, 6.07) is 17.1. The van der Waals surface area contributed by atoms with Crippen molar-refractivity contribution in [2.45, 2.75) is 11.5 Å². The molecule has 150 valence electrons. The Labute approximate surface area is 184 Å². The minimum atomic E-state index is 0.395. The van der Waals surface area contributed by atoms with Crippen molar-refractivity contribution >= 4 is 52.6 Å². The highest BCUT2D eigenvalue weighted by molar-refractivity contribution is 7.97. The molecule has 0 fully saturated rings. The van der Waals surface area contributed by atoms with Gasteiger partial charge in [0.05, 0.1) is 25.3 Å². The topological polar surface area (TPSA) is 58.8 Å². The summed E-state index contributed by atoms with van der Waals surface area (Å²) < 4.78 is 10.8. The molecule has 0 aliphatic rings. The molecule has 3 rings (SSSR count). The second-order valence-electron chi connectivity index (χ2n) is 5.97. The van der Waals surface area contributed by atoms with E-state index in [0.717, 1.165) is 39.8 Å². The van der Waals surface area contributed by atoms with Crippen molar-refractivity contribution in [3.8, 4) is 5.75 Å². The molecule has 8 heteroatoms. The summed E-state index contributed by atoms with van der Waals surface area (Å²) in [4.78, 5) is 0. The number of hydrogen-bond acceptors (Lipinski definition) is 5. The Morgan fingerprint density at radius 3 is 2.76 bits per heavy atom. The number of hydrazone groups is 1. The zero-order valence-electron chi connectivity index (χ0n) is 15.7. The van der Waals surface area contributed by atoms with Gasteiger partial charge < -0.3 is 14.5 Å². The number of methoxy groups -OCH3 is 1. The summed E-state index contributed by atoms with van der Waals surface area (Å²) in [7, 11) is 1.67. The number of anilines is 1. The van der Waals surface area contributed by atoms with Crippen LogP contribution in [0.5, 0.6) is 5.75 Å². The Bertz CT molecular complexity index is 961. The van der Waals surface area contributed by atoms with E-state index in [-0.39, 0.29) is 0 Å². The molecule has 29 heavy (non-hydrogen) atoms. The molecule has 1 aromatic heterocycles. The quantitative estimate of drug-likeness (QED) is 0.263. The van der Waals surface area contributed by atoms with Crippen LogP contribution in [0, 0.1) is 0 Å². The van der Waals surface area contributed by atoms with Gasteiger partial charge in [-0.1, -0.05) is 11.6 Å². The Morgan fingerprint density at radius 2 is 2.03 bits per heavy atom. The van der Waals surface area contributed by atoms with Gasteiger partial charge in [-0.05, 0) is 72.4 Å². The number of nitrogens with zero attached hydrogens (tertiary/aromatic N) is 1. The fraction of sp³-hybridized carbons (Fsp3) is 0.143. The van der Waals surface area contributed by atoms with Gasteiger partial charge in [0.1, 0.15) is 11.5 Å². The van der Waals surface area contributed by atoms with Gasteiger partial charge >= 0.3 is 0 Å². The second kappa shape index (κ2) is 10.9. The van der Waals surface area contributed by atoms with E-state index in [1.54, 1.807) is 43.5 Å². The summed E-state index contributed by atoms with van der Waals surface area (Å²) in [5.74, 6) is 3.41. The number of thiocarbonyl (C=S) groups is 1. The van der Waals surface area contributed by atoms with Crippen LogP contribution in [0.15, 0.2) is 70.4 Å². The zero-order valence-corrected chi connectivity index (χ0v) is 18.1. The molecule has 3 aromatic rings. The van der Waals surface area contributed by atoms with E-state index in [2.05, 4.69) is 21.9 Å². The number of benzene rings is 2. The predicted octanol–water partition coefficient (Wildman–Crippen LogP) is 5.70. The van der Waals surface area contributed by atoms with Crippen LogP contribution < -0.4 is 15.5 Å². The first-order chi connectivity index (χ1) is 14.1. The molecule has 0 saturated heterocycles. The molecule has 0 unspecified atom stereocenters. The van der Waals surface area contributed by atoms with Gasteiger partial charge in [0.2, 0.25) is 0 Å². The first-order valence-electron chi connectivity index (χ1n) is 8.76. The minimum absolute atomic E-state index is 0.395. The third-order valence-electron chi connectivity index (χ3n) is 3.87. The maximum atomic E-state index is 5.88. The van der Waals surface area contributed by atoms with Crippen molar-refractivity contribution in [1.29, 1.82) is 0 Å². The van der Waals surface area contributed by atoms with Crippen molar-refractivity contribution in [1.82, 2.24) is 5.43 Å². The van der Waals surface area contributed by atoms with Gasteiger partial charge in [0.15, 0.2) is 5.11 Å². The van der Waals surface area contributed by atoms with Gasteiger partial charge in [-0.15, -0.1) is 11.8 Å². The van der Waals surface area contributed by atoms with Gasteiger partial charge in [-0.25, -0.2) is 0 Å². The Kier molecular flexibility index (Phi) is 7.98. The number of rotatable bonds is 8. The van der Waals surface area contributed by atoms with Crippen molar-refractivity contribution in [3.63, 3.8) is 0 Å². The maximum Gasteiger partial charge on any atom is 0.191 e. The van der Waals surface area contributed by atoms with Crippen molar-refractivity contribution in [2.75, 3.05) is 12.4 Å². The third-order valence-corrected chi connectivity index (χ3v) is 5.32. The number of thioether (sulfide) groups is 1. The highest BCUT2D eigenvalue weighted by Gasteiger charge is 2.05. The molecule has 0 aliphatic heterocycles. The maximum absolute atomic E-state index is 5.88. The first-order valence-corrected chi connectivity index (χ1v) is 10.7. The van der Waals surface area contributed by atoms with E-state index in [0.29, 0.717) is 10.1 Å². The Hall–Kier alpha value is -2.48. The summed E-state index contributed by atoms with van der Waals surface area (Å²) in [6.45, 7) is 0.